The zero-order valence-electron chi connectivity index (χ0n) is 8.42. The first kappa shape index (κ1) is 10.0. The summed E-state index contributed by atoms with van der Waals surface area (Å²) in [5.74, 6) is 1.71. The molecule has 1 heteroatoms. The number of aliphatic hydroxyl groups excluding tert-OH is 1. The average Bonchev–Trinajstić information content (AvgIpc) is 2.80. The molecular weight excluding hydrogens is 148 g/mol. The van der Waals surface area contributed by atoms with E-state index in [1.165, 1.54) is 25.7 Å². The summed E-state index contributed by atoms with van der Waals surface area (Å²) < 4.78 is 0. The van der Waals surface area contributed by atoms with Gasteiger partial charge in [-0.3, -0.25) is 0 Å². The van der Waals surface area contributed by atoms with Gasteiger partial charge in [0.15, 0.2) is 0 Å². The Morgan fingerprint density at radius 1 is 1.17 bits per heavy atom. The molecule has 1 rings (SSSR count). The van der Waals surface area contributed by atoms with Gasteiger partial charge in [0.1, 0.15) is 0 Å². The molecular formula is C11H22O. The topological polar surface area (TPSA) is 20.2 Å². The molecule has 0 aromatic carbocycles. The Balaban J connectivity index is 1.91. The van der Waals surface area contributed by atoms with Crippen LogP contribution in [0, 0.1) is 11.8 Å². The molecule has 0 heterocycles. The largest absolute Gasteiger partial charge is 0.393 e. The highest BCUT2D eigenvalue weighted by atomic mass is 16.3. The molecule has 0 aromatic heterocycles. The van der Waals surface area contributed by atoms with Crippen LogP contribution in [0.5, 0.6) is 0 Å². The zero-order valence-corrected chi connectivity index (χ0v) is 8.42. The van der Waals surface area contributed by atoms with Crippen molar-refractivity contribution >= 4 is 0 Å². The van der Waals surface area contributed by atoms with Crippen LogP contribution in [0.2, 0.25) is 0 Å². The van der Waals surface area contributed by atoms with E-state index in [0.29, 0.717) is 0 Å². The minimum absolute atomic E-state index is 0.0204. The van der Waals surface area contributed by atoms with Crippen molar-refractivity contribution in [1.82, 2.24) is 0 Å². The third-order valence-electron chi connectivity index (χ3n) is 2.68. The first-order valence-corrected chi connectivity index (χ1v) is 5.36. The molecule has 0 bridgehead atoms. The summed E-state index contributed by atoms with van der Waals surface area (Å²) in [4.78, 5) is 0. The number of rotatable bonds is 6. The van der Waals surface area contributed by atoms with Crippen LogP contribution in [-0.2, 0) is 0 Å². The van der Waals surface area contributed by atoms with Gasteiger partial charge < -0.3 is 5.11 Å². The van der Waals surface area contributed by atoms with Gasteiger partial charge in [-0.1, -0.05) is 26.7 Å². The molecule has 12 heavy (non-hydrogen) atoms. The van der Waals surface area contributed by atoms with E-state index in [1.807, 2.05) is 0 Å². The quantitative estimate of drug-likeness (QED) is 0.649. The lowest BCUT2D eigenvalue weighted by molar-refractivity contribution is 0.142. The van der Waals surface area contributed by atoms with Crippen molar-refractivity contribution in [3.8, 4) is 0 Å². The second kappa shape index (κ2) is 4.86. The van der Waals surface area contributed by atoms with E-state index in [0.717, 1.165) is 24.7 Å². The molecule has 0 amide bonds. The van der Waals surface area contributed by atoms with Gasteiger partial charge >= 0.3 is 0 Å². The molecule has 0 radical (unpaired) electrons. The van der Waals surface area contributed by atoms with Gasteiger partial charge in [-0.2, -0.15) is 0 Å². The molecule has 0 aliphatic heterocycles. The third kappa shape index (κ3) is 4.76. The standard InChI is InChI=1S/C11H22O/c1-9(2)3-7-11(12)8-6-10-4-5-10/h9-12H,3-8H2,1-2H3. The second-order valence-electron chi connectivity index (χ2n) is 4.65. The Morgan fingerprint density at radius 2 is 1.83 bits per heavy atom. The van der Waals surface area contributed by atoms with E-state index in [4.69, 9.17) is 0 Å². The van der Waals surface area contributed by atoms with E-state index < -0.39 is 0 Å². The minimum atomic E-state index is -0.0204. The van der Waals surface area contributed by atoms with Gasteiger partial charge in [0, 0.05) is 0 Å². The lowest BCUT2D eigenvalue weighted by Crippen LogP contribution is -2.07. The smallest absolute Gasteiger partial charge is 0.0540 e. The molecule has 1 N–H and O–H groups in total. The molecule has 1 unspecified atom stereocenters. The average molecular weight is 170 g/mol. The Bertz CT molecular complexity index is 110. The molecule has 72 valence electrons. The van der Waals surface area contributed by atoms with Crippen LogP contribution in [0.1, 0.15) is 52.4 Å². The SMILES string of the molecule is CC(C)CCC(O)CCC1CC1. The summed E-state index contributed by atoms with van der Waals surface area (Å²) in [7, 11) is 0. The second-order valence-corrected chi connectivity index (χ2v) is 4.65. The predicted octanol–water partition coefficient (Wildman–Crippen LogP) is 2.97. The van der Waals surface area contributed by atoms with Gasteiger partial charge in [0.2, 0.25) is 0 Å². The number of hydrogen-bond donors (Lipinski definition) is 1. The molecule has 1 atom stereocenters. The van der Waals surface area contributed by atoms with Crippen LogP contribution >= 0.6 is 0 Å². The summed E-state index contributed by atoms with van der Waals surface area (Å²) >= 11 is 0. The molecule has 0 spiro atoms. The van der Waals surface area contributed by atoms with Crippen molar-refractivity contribution in [3.63, 3.8) is 0 Å². The maximum Gasteiger partial charge on any atom is 0.0540 e. The van der Waals surface area contributed by atoms with Crippen LogP contribution in [0.3, 0.4) is 0 Å². The van der Waals surface area contributed by atoms with E-state index in [2.05, 4.69) is 13.8 Å². The van der Waals surface area contributed by atoms with E-state index in [1.54, 1.807) is 0 Å². The summed E-state index contributed by atoms with van der Waals surface area (Å²) in [6.45, 7) is 4.43. The van der Waals surface area contributed by atoms with Crippen LogP contribution in [0.25, 0.3) is 0 Å². The predicted molar refractivity (Wildman–Crippen MR) is 52.0 cm³/mol. The summed E-state index contributed by atoms with van der Waals surface area (Å²) in [5, 5.41) is 9.57. The van der Waals surface area contributed by atoms with Crippen LogP contribution in [0.15, 0.2) is 0 Å². The molecule has 1 aliphatic carbocycles. The molecule has 1 aliphatic rings. The number of aliphatic hydroxyl groups is 1. The lowest BCUT2D eigenvalue weighted by atomic mass is 10.0. The highest BCUT2D eigenvalue weighted by molar-refractivity contribution is 4.74. The lowest BCUT2D eigenvalue weighted by Gasteiger charge is -2.11. The van der Waals surface area contributed by atoms with Crippen LogP contribution in [-0.4, -0.2) is 11.2 Å². The summed E-state index contributed by atoms with van der Waals surface area (Å²) in [5.41, 5.74) is 0. The first-order chi connectivity index (χ1) is 5.68. The van der Waals surface area contributed by atoms with Crippen molar-refractivity contribution in [3.05, 3.63) is 0 Å². The summed E-state index contributed by atoms with van der Waals surface area (Å²) in [6, 6.07) is 0. The minimum Gasteiger partial charge on any atom is -0.393 e. The van der Waals surface area contributed by atoms with E-state index in [9.17, 15) is 5.11 Å². The van der Waals surface area contributed by atoms with Crippen molar-refractivity contribution in [2.24, 2.45) is 11.8 Å². The Labute approximate surface area is 76.2 Å². The van der Waals surface area contributed by atoms with Crippen molar-refractivity contribution in [2.45, 2.75) is 58.5 Å². The van der Waals surface area contributed by atoms with Gasteiger partial charge in [-0.15, -0.1) is 0 Å². The fourth-order valence-corrected chi connectivity index (χ4v) is 1.50. The van der Waals surface area contributed by atoms with E-state index >= 15 is 0 Å². The molecule has 1 nitrogen and oxygen atoms in total. The maximum atomic E-state index is 9.57. The normalized spacial score (nSPS) is 20.0. The van der Waals surface area contributed by atoms with Gasteiger partial charge in [0.05, 0.1) is 6.10 Å². The Hall–Kier alpha value is -0.0400. The highest BCUT2D eigenvalue weighted by Crippen LogP contribution is 2.34. The molecule has 0 saturated heterocycles. The maximum absolute atomic E-state index is 9.57. The van der Waals surface area contributed by atoms with Crippen molar-refractivity contribution in [1.29, 1.82) is 0 Å². The molecule has 0 aromatic rings. The fraction of sp³-hybridized carbons (Fsp3) is 1.00. The first-order valence-electron chi connectivity index (χ1n) is 5.36. The van der Waals surface area contributed by atoms with Crippen LogP contribution < -0.4 is 0 Å². The van der Waals surface area contributed by atoms with Gasteiger partial charge in [0.25, 0.3) is 0 Å². The highest BCUT2D eigenvalue weighted by Gasteiger charge is 2.21. The van der Waals surface area contributed by atoms with Gasteiger partial charge in [-0.05, 0) is 37.5 Å². The monoisotopic (exact) mass is 170 g/mol. The molecule has 1 fully saturated rings. The van der Waals surface area contributed by atoms with E-state index in [-0.39, 0.29) is 6.10 Å². The third-order valence-corrected chi connectivity index (χ3v) is 2.68. The van der Waals surface area contributed by atoms with Crippen LogP contribution in [0.4, 0.5) is 0 Å². The number of hydrogen-bond acceptors (Lipinski definition) is 1. The van der Waals surface area contributed by atoms with Crippen molar-refractivity contribution < 1.29 is 5.11 Å². The molecule has 1 saturated carbocycles. The summed E-state index contributed by atoms with van der Waals surface area (Å²) in [6.07, 6.45) is 7.29. The Morgan fingerprint density at radius 3 is 2.33 bits per heavy atom. The van der Waals surface area contributed by atoms with Crippen molar-refractivity contribution in [2.75, 3.05) is 0 Å². The Kier molecular flexibility index (Phi) is 4.07. The fourth-order valence-electron chi connectivity index (χ4n) is 1.50. The zero-order chi connectivity index (χ0) is 8.97. The van der Waals surface area contributed by atoms with Gasteiger partial charge in [-0.25, -0.2) is 0 Å².